The van der Waals surface area contributed by atoms with Crippen LogP contribution in [-0.2, 0) is 4.74 Å². The summed E-state index contributed by atoms with van der Waals surface area (Å²) in [4.78, 5) is 0. The molecule has 0 aliphatic heterocycles. The van der Waals surface area contributed by atoms with Crippen LogP contribution in [0.5, 0.6) is 0 Å². The maximum absolute atomic E-state index is 4.80. The number of rotatable bonds is 4. The number of ether oxygens (including phenoxy) is 1. The van der Waals surface area contributed by atoms with Crippen LogP contribution in [0.2, 0.25) is 0 Å². The van der Waals surface area contributed by atoms with Crippen LogP contribution in [0.15, 0.2) is 12.5 Å². The van der Waals surface area contributed by atoms with Crippen LogP contribution in [0.25, 0.3) is 0 Å². The standard InChI is InChI=1S/C7H15NO/c1-6(2)5-8-7(3)9-4/h6,8H,3,5H2,1-2,4H3. The second kappa shape index (κ2) is 4.24. The van der Waals surface area contributed by atoms with E-state index in [1.165, 1.54) is 0 Å². The average Bonchev–Trinajstić information content (AvgIpc) is 1.83. The van der Waals surface area contributed by atoms with Gasteiger partial charge in [0.05, 0.1) is 7.11 Å². The lowest BCUT2D eigenvalue weighted by Crippen LogP contribution is -2.19. The minimum Gasteiger partial charge on any atom is -0.483 e. The lowest BCUT2D eigenvalue weighted by molar-refractivity contribution is 0.259. The molecule has 54 valence electrons. The second-order valence-electron chi connectivity index (χ2n) is 2.40. The second-order valence-corrected chi connectivity index (χ2v) is 2.40. The summed E-state index contributed by atoms with van der Waals surface area (Å²) in [5.74, 6) is 1.28. The Hall–Kier alpha value is -0.660. The van der Waals surface area contributed by atoms with Crippen molar-refractivity contribution in [1.29, 1.82) is 0 Å². The van der Waals surface area contributed by atoms with Gasteiger partial charge in [-0.1, -0.05) is 13.8 Å². The molecule has 0 aromatic rings. The molecule has 0 aromatic carbocycles. The van der Waals surface area contributed by atoms with Crippen molar-refractivity contribution in [1.82, 2.24) is 5.32 Å². The van der Waals surface area contributed by atoms with Crippen molar-refractivity contribution >= 4 is 0 Å². The molecule has 1 N–H and O–H groups in total. The molecule has 0 saturated heterocycles. The van der Waals surface area contributed by atoms with Gasteiger partial charge in [-0.3, -0.25) is 0 Å². The molecule has 0 saturated carbocycles. The normalized spacial score (nSPS) is 9.33. The van der Waals surface area contributed by atoms with Gasteiger partial charge in [0, 0.05) is 6.54 Å². The van der Waals surface area contributed by atoms with Gasteiger partial charge in [-0.25, -0.2) is 0 Å². The van der Waals surface area contributed by atoms with Gasteiger partial charge in [0.15, 0.2) is 5.88 Å². The lowest BCUT2D eigenvalue weighted by atomic mass is 10.2. The Morgan fingerprint density at radius 2 is 2.22 bits per heavy atom. The van der Waals surface area contributed by atoms with Gasteiger partial charge in [-0.05, 0) is 12.5 Å². The summed E-state index contributed by atoms with van der Waals surface area (Å²) in [7, 11) is 1.61. The fraction of sp³-hybridized carbons (Fsp3) is 0.714. The van der Waals surface area contributed by atoms with E-state index in [0.29, 0.717) is 11.8 Å². The SMILES string of the molecule is C=C(NCC(C)C)OC. The zero-order valence-electron chi connectivity index (χ0n) is 6.40. The molecular formula is C7H15NO. The molecule has 0 atom stereocenters. The summed E-state index contributed by atoms with van der Waals surface area (Å²) < 4.78 is 4.80. The highest BCUT2D eigenvalue weighted by atomic mass is 16.5. The highest BCUT2D eigenvalue weighted by molar-refractivity contribution is 4.77. The lowest BCUT2D eigenvalue weighted by Gasteiger charge is -2.08. The van der Waals surface area contributed by atoms with Crippen LogP contribution in [0, 0.1) is 5.92 Å². The molecule has 0 spiro atoms. The topological polar surface area (TPSA) is 21.3 Å². The summed E-state index contributed by atoms with van der Waals surface area (Å²) in [6.07, 6.45) is 0. The molecule has 9 heavy (non-hydrogen) atoms. The molecule has 2 nitrogen and oxygen atoms in total. The first-order valence-electron chi connectivity index (χ1n) is 3.13. The maximum Gasteiger partial charge on any atom is 0.178 e. The van der Waals surface area contributed by atoms with Crippen molar-refractivity contribution < 1.29 is 4.74 Å². The van der Waals surface area contributed by atoms with Crippen molar-refractivity contribution in [3.05, 3.63) is 12.5 Å². The molecule has 0 unspecified atom stereocenters. The smallest absolute Gasteiger partial charge is 0.178 e. The third-order valence-corrected chi connectivity index (χ3v) is 0.954. The Kier molecular flexibility index (Phi) is 3.93. The van der Waals surface area contributed by atoms with Crippen LogP contribution in [0.3, 0.4) is 0 Å². The van der Waals surface area contributed by atoms with E-state index in [4.69, 9.17) is 4.74 Å². The first-order valence-corrected chi connectivity index (χ1v) is 3.13. The van der Waals surface area contributed by atoms with Gasteiger partial charge in [-0.15, -0.1) is 0 Å². The van der Waals surface area contributed by atoms with Gasteiger partial charge in [0.25, 0.3) is 0 Å². The fourth-order valence-electron chi connectivity index (χ4n) is 0.390. The molecule has 0 rings (SSSR count). The molecule has 0 fully saturated rings. The number of hydrogen-bond donors (Lipinski definition) is 1. The molecule has 0 heterocycles. The first kappa shape index (κ1) is 8.34. The Balaban J connectivity index is 3.17. The molecule has 0 aliphatic carbocycles. The van der Waals surface area contributed by atoms with Gasteiger partial charge >= 0.3 is 0 Å². The highest BCUT2D eigenvalue weighted by Crippen LogP contribution is 1.90. The van der Waals surface area contributed by atoms with Crippen LogP contribution in [-0.4, -0.2) is 13.7 Å². The zero-order valence-corrected chi connectivity index (χ0v) is 6.40. The molecule has 2 heteroatoms. The van der Waals surface area contributed by atoms with E-state index in [1.807, 2.05) is 0 Å². The summed E-state index contributed by atoms with van der Waals surface area (Å²) in [6.45, 7) is 8.80. The monoisotopic (exact) mass is 129 g/mol. The third-order valence-electron chi connectivity index (χ3n) is 0.954. The Morgan fingerprint density at radius 3 is 2.56 bits per heavy atom. The Morgan fingerprint density at radius 1 is 1.67 bits per heavy atom. The van der Waals surface area contributed by atoms with Crippen LogP contribution < -0.4 is 5.32 Å². The van der Waals surface area contributed by atoms with E-state index >= 15 is 0 Å². The van der Waals surface area contributed by atoms with Crippen molar-refractivity contribution in [3.8, 4) is 0 Å². The van der Waals surface area contributed by atoms with Gasteiger partial charge in [0.1, 0.15) is 0 Å². The van der Waals surface area contributed by atoms with Gasteiger partial charge in [-0.2, -0.15) is 0 Å². The zero-order chi connectivity index (χ0) is 7.28. The summed E-state index contributed by atoms with van der Waals surface area (Å²) in [5.41, 5.74) is 0. The third kappa shape index (κ3) is 5.21. The molecular weight excluding hydrogens is 114 g/mol. The van der Waals surface area contributed by atoms with Crippen LogP contribution >= 0.6 is 0 Å². The highest BCUT2D eigenvalue weighted by Gasteiger charge is 1.92. The number of hydrogen-bond acceptors (Lipinski definition) is 2. The Labute approximate surface area is 56.9 Å². The van der Waals surface area contributed by atoms with E-state index < -0.39 is 0 Å². The summed E-state index contributed by atoms with van der Waals surface area (Å²) in [5, 5.41) is 3.02. The largest absolute Gasteiger partial charge is 0.483 e. The van der Waals surface area contributed by atoms with E-state index in [9.17, 15) is 0 Å². The quantitative estimate of drug-likeness (QED) is 0.578. The molecule has 0 aromatic heterocycles. The van der Waals surface area contributed by atoms with E-state index in [1.54, 1.807) is 7.11 Å². The fourth-order valence-corrected chi connectivity index (χ4v) is 0.390. The van der Waals surface area contributed by atoms with E-state index in [0.717, 1.165) is 6.54 Å². The Bertz CT molecular complexity index is 88.9. The predicted octanol–water partition coefficient (Wildman–Crippen LogP) is 1.35. The van der Waals surface area contributed by atoms with E-state index in [-0.39, 0.29) is 0 Å². The first-order chi connectivity index (χ1) is 4.16. The minimum absolute atomic E-state index is 0.636. The molecule has 0 radical (unpaired) electrons. The molecule has 0 bridgehead atoms. The van der Waals surface area contributed by atoms with E-state index in [2.05, 4.69) is 25.7 Å². The molecule has 0 aliphatic rings. The summed E-state index contributed by atoms with van der Waals surface area (Å²) in [6, 6.07) is 0. The van der Waals surface area contributed by atoms with Gasteiger partial charge in [0.2, 0.25) is 0 Å². The summed E-state index contributed by atoms with van der Waals surface area (Å²) >= 11 is 0. The van der Waals surface area contributed by atoms with Crippen LogP contribution in [0.1, 0.15) is 13.8 Å². The van der Waals surface area contributed by atoms with Crippen LogP contribution in [0.4, 0.5) is 0 Å². The van der Waals surface area contributed by atoms with Crippen molar-refractivity contribution in [2.45, 2.75) is 13.8 Å². The van der Waals surface area contributed by atoms with Crippen molar-refractivity contribution in [2.75, 3.05) is 13.7 Å². The number of methoxy groups -OCH3 is 1. The average molecular weight is 129 g/mol. The minimum atomic E-state index is 0.636. The number of nitrogens with one attached hydrogen (secondary N) is 1. The predicted molar refractivity (Wildman–Crippen MR) is 39.0 cm³/mol. The molecule has 0 amide bonds. The van der Waals surface area contributed by atoms with Gasteiger partial charge < -0.3 is 10.1 Å². The maximum atomic E-state index is 4.80. The van der Waals surface area contributed by atoms with Crippen molar-refractivity contribution in [2.24, 2.45) is 5.92 Å². The van der Waals surface area contributed by atoms with Crippen molar-refractivity contribution in [3.63, 3.8) is 0 Å².